The lowest BCUT2D eigenvalue weighted by molar-refractivity contribution is 0.669. The molecule has 0 aliphatic carbocycles. The van der Waals surface area contributed by atoms with E-state index in [2.05, 4.69) is 138 Å². The van der Waals surface area contributed by atoms with Gasteiger partial charge in [-0.05, 0) is 59.7 Å². The van der Waals surface area contributed by atoms with Gasteiger partial charge in [-0.3, -0.25) is 0 Å². The zero-order valence-electron chi connectivity index (χ0n) is 30.4. The molecular formula is C51H30N4O2. The molecular weight excluding hydrogens is 701 g/mol. The summed E-state index contributed by atoms with van der Waals surface area (Å²) in [6, 6.07) is 62.6. The van der Waals surface area contributed by atoms with Crippen molar-refractivity contribution in [3.05, 3.63) is 182 Å². The maximum Gasteiger partial charge on any atom is 0.164 e. The number of nitrogens with zero attached hydrogens (tertiary/aromatic N) is 4. The Bertz CT molecular complexity index is 3510. The molecule has 0 spiro atoms. The Hall–Kier alpha value is -7.83. The lowest BCUT2D eigenvalue weighted by Crippen LogP contribution is -2.00. The van der Waals surface area contributed by atoms with Gasteiger partial charge in [-0.2, -0.15) is 0 Å². The molecule has 6 nitrogen and oxygen atoms in total. The van der Waals surface area contributed by atoms with Crippen LogP contribution in [-0.2, 0) is 0 Å². The number of para-hydroxylation sites is 3. The normalized spacial score (nSPS) is 11.9. The Morgan fingerprint density at radius 3 is 1.61 bits per heavy atom. The topological polar surface area (TPSA) is 69.9 Å². The molecule has 12 aromatic rings. The van der Waals surface area contributed by atoms with Gasteiger partial charge in [0, 0.05) is 54.7 Å². The molecule has 12 rings (SSSR count). The molecule has 0 unspecified atom stereocenters. The van der Waals surface area contributed by atoms with Crippen LogP contribution in [0.4, 0.5) is 0 Å². The quantitative estimate of drug-likeness (QED) is 0.176. The number of rotatable bonds is 5. The van der Waals surface area contributed by atoms with Crippen molar-refractivity contribution in [2.24, 2.45) is 0 Å². The first-order chi connectivity index (χ1) is 28.2. The van der Waals surface area contributed by atoms with E-state index in [0.717, 1.165) is 93.8 Å². The highest BCUT2D eigenvalue weighted by Gasteiger charge is 2.22. The fraction of sp³-hybridized carbons (Fsp3) is 0. The summed E-state index contributed by atoms with van der Waals surface area (Å²) in [6.45, 7) is 0. The third-order valence-corrected chi connectivity index (χ3v) is 11.1. The first kappa shape index (κ1) is 31.5. The van der Waals surface area contributed by atoms with Gasteiger partial charge in [-0.25, -0.2) is 15.0 Å². The lowest BCUT2D eigenvalue weighted by Gasteiger charge is -2.11. The Labute approximate surface area is 325 Å². The molecule has 0 aliphatic rings. The average Bonchev–Trinajstić information content (AvgIpc) is 3.95. The van der Waals surface area contributed by atoms with Crippen molar-refractivity contribution in [3.8, 4) is 51.0 Å². The van der Waals surface area contributed by atoms with Crippen molar-refractivity contribution in [2.45, 2.75) is 0 Å². The van der Waals surface area contributed by atoms with Gasteiger partial charge in [0.05, 0.1) is 11.0 Å². The summed E-state index contributed by atoms with van der Waals surface area (Å²) in [5, 5.41) is 6.23. The van der Waals surface area contributed by atoms with Crippen LogP contribution in [-0.4, -0.2) is 19.5 Å². The van der Waals surface area contributed by atoms with Crippen LogP contribution in [0.15, 0.2) is 191 Å². The van der Waals surface area contributed by atoms with Crippen LogP contribution < -0.4 is 0 Å². The molecule has 0 N–H and O–H groups in total. The standard InChI is InChI=1S/C51H30N4O2/c1-3-13-31(14-4-1)32-25-27-33(28-26-32)49-52-50(37-19-11-23-44-47(37)36-18-8-10-22-43(36)56-44)54-51(53-49)38-20-12-24-45-48(38)40-29-42-39(30-46(40)57-45)35-17-7-9-21-41(35)55(42)34-15-5-2-6-16-34/h1-30H. The molecule has 4 heterocycles. The minimum absolute atomic E-state index is 0.559. The molecule has 266 valence electrons. The van der Waals surface area contributed by atoms with E-state index in [0.29, 0.717) is 17.5 Å². The highest BCUT2D eigenvalue weighted by atomic mass is 16.3. The second-order valence-electron chi connectivity index (χ2n) is 14.4. The Morgan fingerprint density at radius 2 is 0.877 bits per heavy atom. The summed E-state index contributed by atoms with van der Waals surface area (Å²) < 4.78 is 15.3. The highest BCUT2D eigenvalue weighted by Crippen LogP contribution is 2.42. The monoisotopic (exact) mass is 730 g/mol. The maximum atomic E-state index is 6.67. The van der Waals surface area contributed by atoms with E-state index in [-0.39, 0.29) is 0 Å². The molecule has 0 fully saturated rings. The second kappa shape index (κ2) is 12.3. The van der Waals surface area contributed by atoms with Crippen LogP contribution in [0.1, 0.15) is 0 Å². The summed E-state index contributed by atoms with van der Waals surface area (Å²) in [5.41, 5.74) is 11.4. The first-order valence-electron chi connectivity index (χ1n) is 19.0. The van der Waals surface area contributed by atoms with E-state index >= 15 is 0 Å². The molecule has 0 radical (unpaired) electrons. The maximum absolute atomic E-state index is 6.67. The number of fused-ring (bicyclic) bond motifs is 9. The highest BCUT2D eigenvalue weighted by molar-refractivity contribution is 6.19. The van der Waals surface area contributed by atoms with E-state index in [1.54, 1.807) is 0 Å². The van der Waals surface area contributed by atoms with E-state index in [9.17, 15) is 0 Å². The zero-order valence-corrected chi connectivity index (χ0v) is 30.4. The lowest BCUT2D eigenvalue weighted by atomic mass is 10.0. The van der Waals surface area contributed by atoms with Crippen molar-refractivity contribution in [2.75, 3.05) is 0 Å². The van der Waals surface area contributed by atoms with Crippen molar-refractivity contribution in [1.29, 1.82) is 0 Å². The summed E-state index contributed by atoms with van der Waals surface area (Å²) in [5.74, 6) is 1.70. The number of furan rings is 2. The third kappa shape index (κ3) is 4.94. The number of benzene rings is 8. The Kier molecular flexibility index (Phi) is 6.83. The van der Waals surface area contributed by atoms with Gasteiger partial charge in [0.15, 0.2) is 17.5 Å². The summed E-state index contributed by atoms with van der Waals surface area (Å²) >= 11 is 0. The van der Waals surface area contributed by atoms with Gasteiger partial charge in [-0.15, -0.1) is 0 Å². The van der Waals surface area contributed by atoms with E-state index in [1.165, 1.54) is 5.39 Å². The fourth-order valence-electron chi connectivity index (χ4n) is 8.48. The minimum atomic E-state index is 0.559. The van der Waals surface area contributed by atoms with Crippen LogP contribution in [0, 0.1) is 0 Å². The molecule has 0 saturated heterocycles. The van der Waals surface area contributed by atoms with Crippen LogP contribution in [0.25, 0.3) is 117 Å². The summed E-state index contributed by atoms with van der Waals surface area (Å²) in [4.78, 5) is 15.7. The van der Waals surface area contributed by atoms with E-state index < -0.39 is 0 Å². The molecule has 57 heavy (non-hydrogen) atoms. The number of hydrogen-bond acceptors (Lipinski definition) is 5. The number of aromatic nitrogens is 4. The predicted molar refractivity (Wildman–Crippen MR) is 230 cm³/mol. The van der Waals surface area contributed by atoms with Gasteiger partial charge in [0.25, 0.3) is 0 Å². The van der Waals surface area contributed by atoms with Crippen molar-refractivity contribution < 1.29 is 8.83 Å². The molecule has 0 saturated carbocycles. The molecule has 4 aromatic heterocycles. The SMILES string of the molecule is c1ccc(-c2ccc(-c3nc(-c4cccc5oc6ccccc6c45)nc(-c4cccc5oc6cc7c8ccccc8n(-c8ccccc8)c7cc6c45)n3)cc2)cc1. The minimum Gasteiger partial charge on any atom is -0.456 e. The summed E-state index contributed by atoms with van der Waals surface area (Å²) in [7, 11) is 0. The fourth-order valence-corrected chi connectivity index (χ4v) is 8.48. The molecule has 6 heteroatoms. The molecule has 8 aromatic carbocycles. The van der Waals surface area contributed by atoms with Gasteiger partial charge in [0.1, 0.15) is 22.3 Å². The van der Waals surface area contributed by atoms with Crippen LogP contribution in [0.3, 0.4) is 0 Å². The van der Waals surface area contributed by atoms with Crippen molar-refractivity contribution >= 4 is 65.7 Å². The van der Waals surface area contributed by atoms with Crippen molar-refractivity contribution in [1.82, 2.24) is 19.5 Å². The van der Waals surface area contributed by atoms with Crippen LogP contribution in [0.2, 0.25) is 0 Å². The molecule has 0 amide bonds. The number of hydrogen-bond donors (Lipinski definition) is 0. The molecule has 0 bridgehead atoms. The Balaban J connectivity index is 1.12. The smallest absolute Gasteiger partial charge is 0.164 e. The second-order valence-corrected chi connectivity index (χ2v) is 14.4. The first-order valence-corrected chi connectivity index (χ1v) is 19.0. The van der Waals surface area contributed by atoms with Crippen LogP contribution >= 0.6 is 0 Å². The van der Waals surface area contributed by atoms with Gasteiger partial charge in [0.2, 0.25) is 0 Å². The zero-order chi connectivity index (χ0) is 37.5. The van der Waals surface area contributed by atoms with Gasteiger partial charge in [-0.1, -0.05) is 133 Å². The third-order valence-electron chi connectivity index (χ3n) is 11.1. The van der Waals surface area contributed by atoms with Crippen LogP contribution in [0.5, 0.6) is 0 Å². The molecule has 0 aliphatic heterocycles. The molecule has 0 atom stereocenters. The predicted octanol–water partition coefficient (Wildman–Crippen LogP) is 13.4. The van der Waals surface area contributed by atoms with Gasteiger partial charge >= 0.3 is 0 Å². The van der Waals surface area contributed by atoms with Crippen molar-refractivity contribution in [3.63, 3.8) is 0 Å². The van der Waals surface area contributed by atoms with E-state index in [1.807, 2.05) is 48.5 Å². The van der Waals surface area contributed by atoms with Gasteiger partial charge < -0.3 is 13.4 Å². The summed E-state index contributed by atoms with van der Waals surface area (Å²) in [6.07, 6.45) is 0. The van der Waals surface area contributed by atoms with E-state index in [4.69, 9.17) is 23.8 Å². The largest absolute Gasteiger partial charge is 0.456 e. The average molecular weight is 731 g/mol. The Morgan fingerprint density at radius 1 is 0.333 bits per heavy atom.